The second-order valence-electron chi connectivity index (χ2n) is 15.0. The van der Waals surface area contributed by atoms with Gasteiger partial charge in [0.1, 0.15) is 5.78 Å². The highest BCUT2D eigenvalue weighted by atomic mass is 16.3. The fourth-order valence-electron chi connectivity index (χ4n) is 11.0. The maximum atomic E-state index is 12.8. The first-order chi connectivity index (χ1) is 15.2. The molecule has 2 nitrogen and oxygen atoms in total. The minimum atomic E-state index is -0.604. The van der Waals surface area contributed by atoms with Crippen LogP contribution in [0.1, 0.15) is 119 Å². The molecule has 0 saturated heterocycles. The Hall–Kier alpha value is -0.630. The standard InChI is InChI=1S/C31H50O2/c1-21(10-8-9-15-26(2,3)33)22-13-16-29(7)24-12-11-23-27(4,5)25(32)14-17-30(23)20-31(24,30)19-18-28(22,29)6/h8-9,21-24,33H,10-20H2,1-7H3/b9-8+/t21?,22-,23+,24+,28-,29+,30-,31?/m1/s1. The van der Waals surface area contributed by atoms with Crippen molar-refractivity contribution in [2.24, 2.45) is 50.7 Å². The van der Waals surface area contributed by atoms with E-state index in [2.05, 4.69) is 46.8 Å². The van der Waals surface area contributed by atoms with Gasteiger partial charge in [-0.2, -0.15) is 0 Å². The molecule has 2 spiro atoms. The van der Waals surface area contributed by atoms with Gasteiger partial charge in [0.25, 0.3) is 0 Å². The van der Waals surface area contributed by atoms with E-state index in [0.717, 1.165) is 31.1 Å². The Morgan fingerprint density at radius 2 is 1.61 bits per heavy atom. The maximum absolute atomic E-state index is 12.8. The van der Waals surface area contributed by atoms with Crippen molar-refractivity contribution in [3.05, 3.63) is 12.2 Å². The van der Waals surface area contributed by atoms with Crippen LogP contribution in [-0.2, 0) is 4.79 Å². The van der Waals surface area contributed by atoms with Crippen LogP contribution in [0.2, 0.25) is 0 Å². The Balaban J connectivity index is 1.36. The van der Waals surface area contributed by atoms with Gasteiger partial charge in [0.2, 0.25) is 0 Å². The summed E-state index contributed by atoms with van der Waals surface area (Å²) in [6, 6.07) is 0. The van der Waals surface area contributed by atoms with Crippen molar-refractivity contribution in [2.45, 2.75) is 125 Å². The predicted molar refractivity (Wildman–Crippen MR) is 136 cm³/mol. The Morgan fingerprint density at radius 1 is 0.939 bits per heavy atom. The Kier molecular flexibility index (Phi) is 5.26. The van der Waals surface area contributed by atoms with E-state index in [1.165, 1.54) is 51.4 Å². The molecule has 0 bridgehead atoms. The zero-order valence-corrected chi connectivity index (χ0v) is 22.6. The number of carbonyl (C=O) groups excluding carboxylic acids is 1. The average molecular weight is 455 g/mol. The molecule has 5 aliphatic carbocycles. The summed E-state index contributed by atoms with van der Waals surface area (Å²) in [7, 11) is 0. The largest absolute Gasteiger partial charge is 0.390 e. The van der Waals surface area contributed by atoms with Gasteiger partial charge in [-0.25, -0.2) is 0 Å². The van der Waals surface area contributed by atoms with E-state index in [0.29, 0.717) is 39.3 Å². The summed E-state index contributed by atoms with van der Waals surface area (Å²) < 4.78 is 0. The van der Waals surface area contributed by atoms with Crippen LogP contribution in [0, 0.1) is 50.7 Å². The van der Waals surface area contributed by atoms with Gasteiger partial charge >= 0.3 is 0 Å². The smallest absolute Gasteiger partial charge is 0.138 e. The lowest BCUT2D eigenvalue weighted by Gasteiger charge is -2.62. The quantitative estimate of drug-likeness (QED) is 0.431. The molecule has 33 heavy (non-hydrogen) atoms. The lowest BCUT2D eigenvalue weighted by atomic mass is 9.42. The number of hydrogen-bond donors (Lipinski definition) is 1. The van der Waals surface area contributed by atoms with E-state index in [-0.39, 0.29) is 5.41 Å². The Labute approximate surface area is 203 Å². The van der Waals surface area contributed by atoms with E-state index >= 15 is 0 Å². The van der Waals surface area contributed by atoms with Gasteiger partial charge in [-0.3, -0.25) is 4.79 Å². The normalized spacial score (nSPS) is 49.2. The number of rotatable bonds is 5. The summed E-state index contributed by atoms with van der Waals surface area (Å²) in [5, 5.41) is 10.0. The first-order valence-electron chi connectivity index (χ1n) is 14.1. The van der Waals surface area contributed by atoms with Crippen LogP contribution in [0.25, 0.3) is 0 Å². The zero-order chi connectivity index (χ0) is 24.1. The van der Waals surface area contributed by atoms with Crippen LogP contribution < -0.4 is 0 Å². The van der Waals surface area contributed by atoms with Crippen molar-refractivity contribution in [2.75, 3.05) is 0 Å². The molecule has 186 valence electrons. The molecule has 5 saturated carbocycles. The predicted octanol–water partition coefficient (Wildman–Crippen LogP) is 7.74. The van der Waals surface area contributed by atoms with Gasteiger partial charge in [0.05, 0.1) is 5.60 Å². The van der Waals surface area contributed by atoms with Crippen molar-refractivity contribution in [3.63, 3.8) is 0 Å². The van der Waals surface area contributed by atoms with Crippen LogP contribution in [0.15, 0.2) is 12.2 Å². The van der Waals surface area contributed by atoms with Gasteiger partial charge in [-0.15, -0.1) is 0 Å². The Bertz CT molecular complexity index is 847. The van der Waals surface area contributed by atoms with E-state index in [9.17, 15) is 9.90 Å². The van der Waals surface area contributed by atoms with E-state index < -0.39 is 5.60 Å². The monoisotopic (exact) mass is 454 g/mol. The topological polar surface area (TPSA) is 37.3 Å². The van der Waals surface area contributed by atoms with Crippen molar-refractivity contribution in [1.82, 2.24) is 0 Å². The number of allylic oxidation sites excluding steroid dienone is 1. The molecule has 0 amide bonds. The molecule has 1 N–H and O–H groups in total. The van der Waals surface area contributed by atoms with Crippen molar-refractivity contribution in [1.29, 1.82) is 0 Å². The molecule has 0 heterocycles. The van der Waals surface area contributed by atoms with Crippen LogP contribution in [0.3, 0.4) is 0 Å². The minimum absolute atomic E-state index is 0.101. The summed E-state index contributed by atoms with van der Waals surface area (Å²) in [6.45, 7) is 16.2. The van der Waals surface area contributed by atoms with Gasteiger partial charge in [-0.1, -0.05) is 46.8 Å². The minimum Gasteiger partial charge on any atom is -0.390 e. The molecule has 8 atom stereocenters. The van der Waals surface area contributed by atoms with E-state index in [4.69, 9.17) is 0 Å². The lowest BCUT2D eigenvalue weighted by molar-refractivity contribution is -0.156. The van der Waals surface area contributed by atoms with Gasteiger partial charge in [0.15, 0.2) is 0 Å². The molecule has 0 aromatic heterocycles. The van der Waals surface area contributed by atoms with Crippen molar-refractivity contribution >= 4 is 5.78 Å². The molecule has 0 aromatic rings. The summed E-state index contributed by atoms with van der Waals surface area (Å²) in [5.41, 5.74) is 1.24. The summed E-state index contributed by atoms with van der Waals surface area (Å²) in [5.74, 6) is 3.56. The molecule has 0 aromatic carbocycles. The first-order valence-corrected chi connectivity index (χ1v) is 14.1. The third kappa shape index (κ3) is 3.10. The molecule has 2 heteroatoms. The number of Topliss-reactive ketones (excluding diaryl/α,β-unsaturated/α-hetero) is 1. The average Bonchev–Trinajstić information content (AvgIpc) is 3.30. The second-order valence-corrected chi connectivity index (χ2v) is 15.0. The molecule has 5 aliphatic rings. The van der Waals surface area contributed by atoms with E-state index in [1.54, 1.807) is 0 Å². The summed E-state index contributed by atoms with van der Waals surface area (Å²) >= 11 is 0. The molecule has 5 fully saturated rings. The molecule has 0 radical (unpaired) electrons. The van der Waals surface area contributed by atoms with Crippen molar-refractivity contribution in [3.8, 4) is 0 Å². The Morgan fingerprint density at radius 3 is 2.30 bits per heavy atom. The molecular formula is C31H50O2. The molecule has 5 rings (SSSR count). The van der Waals surface area contributed by atoms with Gasteiger partial charge in [-0.05, 0) is 123 Å². The molecular weight excluding hydrogens is 404 g/mol. The van der Waals surface area contributed by atoms with Gasteiger partial charge < -0.3 is 5.11 Å². The van der Waals surface area contributed by atoms with Crippen LogP contribution >= 0.6 is 0 Å². The lowest BCUT2D eigenvalue weighted by Crippen LogP contribution is -2.57. The second kappa shape index (κ2) is 7.21. The number of carbonyl (C=O) groups is 1. The fourth-order valence-corrected chi connectivity index (χ4v) is 11.0. The van der Waals surface area contributed by atoms with Crippen LogP contribution in [-0.4, -0.2) is 16.5 Å². The third-order valence-electron chi connectivity index (χ3n) is 12.9. The van der Waals surface area contributed by atoms with Crippen LogP contribution in [0.4, 0.5) is 0 Å². The maximum Gasteiger partial charge on any atom is 0.138 e. The highest BCUT2D eigenvalue weighted by molar-refractivity contribution is 5.86. The number of fused-ring (bicyclic) bond motifs is 2. The van der Waals surface area contributed by atoms with E-state index in [1.807, 2.05) is 13.8 Å². The first kappa shape index (κ1) is 24.1. The molecule has 0 aliphatic heterocycles. The zero-order valence-electron chi connectivity index (χ0n) is 22.6. The summed E-state index contributed by atoms with van der Waals surface area (Å²) in [6.07, 6.45) is 18.1. The molecule has 2 unspecified atom stereocenters. The number of aliphatic hydroxyl groups is 1. The van der Waals surface area contributed by atoms with Gasteiger partial charge in [0, 0.05) is 11.8 Å². The van der Waals surface area contributed by atoms with Crippen molar-refractivity contribution < 1.29 is 9.90 Å². The number of hydrogen-bond acceptors (Lipinski definition) is 2. The SMILES string of the molecule is CC(C/C=C/CC(C)(C)O)[C@H]1CC[C@@]2(C)[C@@H]3CC[C@H]4C(C)(C)C(=O)CC[C@@]45CC35CC[C@]12C. The fraction of sp³-hybridized carbons (Fsp3) is 0.903. The highest BCUT2D eigenvalue weighted by Gasteiger charge is 2.82. The summed E-state index contributed by atoms with van der Waals surface area (Å²) in [4.78, 5) is 12.8. The third-order valence-corrected chi connectivity index (χ3v) is 12.9. The highest BCUT2D eigenvalue weighted by Crippen LogP contribution is 2.88. The van der Waals surface area contributed by atoms with Crippen LogP contribution in [0.5, 0.6) is 0 Å². The number of ketones is 1.